The second kappa shape index (κ2) is 6.55. The Labute approximate surface area is 139 Å². The minimum absolute atomic E-state index is 0.0901. The van der Waals surface area contributed by atoms with Crippen molar-refractivity contribution in [1.82, 2.24) is 14.9 Å². The second-order valence-corrected chi connectivity index (χ2v) is 6.55. The molecule has 1 saturated heterocycles. The molecule has 126 valence electrons. The van der Waals surface area contributed by atoms with Gasteiger partial charge in [0.2, 0.25) is 0 Å². The van der Waals surface area contributed by atoms with E-state index in [0.29, 0.717) is 24.6 Å². The molecule has 2 aromatic rings. The van der Waals surface area contributed by atoms with Gasteiger partial charge in [-0.1, -0.05) is 26.0 Å². The molecular weight excluding hydrogens is 309 g/mol. The highest BCUT2D eigenvalue weighted by Crippen LogP contribution is 2.34. The Bertz CT molecular complexity index is 799. The number of halogens is 1. The lowest BCUT2D eigenvalue weighted by Gasteiger charge is -2.41. The zero-order valence-corrected chi connectivity index (χ0v) is 13.8. The van der Waals surface area contributed by atoms with Crippen molar-refractivity contribution in [3.63, 3.8) is 0 Å². The number of nitrogens with one attached hydrogen (secondary N) is 1. The van der Waals surface area contributed by atoms with Gasteiger partial charge < -0.3 is 9.88 Å². The maximum Gasteiger partial charge on any atom is 0.345 e. The zero-order valence-electron chi connectivity index (χ0n) is 13.8. The average Bonchev–Trinajstić information content (AvgIpc) is 2.47. The minimum Gasteiger partial charge on any atom is -0.330 e. The summed E-state index contributed by atoms with van der Waals surface area (Å²) in [6.45, 7) is 4.69. The van der Waals surface area contributed by atoms with Crippen LogP contribution in [0.2, 0.25) is 0 Å². The standard InChI is InChI=1S/C18H20FN3O2/c1-11(2)9-14-10-15(21-18(24)20-14)17(23)22-8-7-16(22)12-3-5-13(19)6-4-12/h3-6,10-11,16H,7-9H2,1-2H3,(H,20,21,24). The number of benzene rings is 1. The predicted molar refractivity (Wildman–Crippen MR) is 88.2 cm³/mol. The maximum absolute atomic E-state index is 13.1. The molecule has 1 fully saturated rings. The molecule has 1 aliphatic heterocycles. The first-order valence-electron chi connectivity index (χ1n) is 8.10. The van der Waals surface area contributed by atoms with Crippen molar-refractivity contribution in [2.24, 2.45) is 5.92 Å². The highest BCUT2D eigenvalue weighted by molar-refractivity contribution is 5.93. The van der Waals surface area contributed by atoms with Crippen LogP contribution in [-0.2, 0) is 6.42 Å². The Morgan fingerprint density at radius 1 is 1.38 bits per heavy atom. The monoisotopic (exact) mass is 329 g/mol. The van der Waals surface area contributed by atoms with E-state index in [-0.39, 0.29) is 23.5 Å². The molecule has 0 spiro atoms. The summed E-state index contributed by atoms with van der Waals surface area (Å²) < 4.78 is 13.1. The number of carbonyl (C=O) groups excluding carboxylic acids is 1. The van der Waals surface area contributed by atoms with Crippen molar-refractivity contribution in [1.29, 1.82) is 0 Å². The summed E-state index contributed by atoms with van der Waals surface area (Å²) in [6, 6.07) is 7.73. The maximum atomic E-state index is 13.1. The molecule has 1 unspecified atom stereocenters. The summed E-state index contributed by atoms with van der Waals surface area (Å²) in [5.41, 5.74) is 1.27. The number of amides is 1. The molecule has 2 heterocycles. The molecule has 0 saturated carbocycles. The van der Waals surface area contributed by atoms with Crippen LogP contribution in [0.5, 0.6) is 0 Å². The molecule has 24 heavy (non-hydrogen) atoms. The third-order valence-corrected chi connectivity index (χ3v) is 4.18. The van der Waals surface area contributed by atoms with Crippen LogP contribution < -0.4 is 5.69 Å². The number of hydrogen-bond acceptors (Lipinski definition) is 3. The first kappa shape index (κ1) is 16.4. The van der Waals surface area contributed by atoms with E-state index >= 15 is 0 Å². The summed E-state index contributed by atoms with van der Waals surface area (Å²) in [7, 11) is 0. The number of rotatable bonds is 4. The van der Waals surface area contributed by atoms with Gasteiger partial charge in [-0.3, -0.25) is 4.79 Å². The lowest BCUT2D eigenvalue weighted by Crippen LogP contribution is -2.45. The topological polar surface area (TPSA) is 66.1 Å². The van der Waals surface area contributed by atoms with Gasteiger partial charge in [0.05, 0.1) is 6.04 Å². The van der Waals surface area contributed by atoms with Crippen LogP contribution in [0.3, 0.4) is 0 Å². The van der Waals surface area contributed by atoms with Crippen molar-refractivity contribution in [2.75, 3.05) is 6.54 Å². The van der Waals surface area contributed by atoms with Crippen LogP contribution in [0.1, 0.15) is 48.1 Å². The van der Waals surface area contributed by atoms with E-state index in [4.69, 9.17) is 0 Å². The SMILES string of the molecule is CC(C)Cc1cc(C(=O)N2CCC2c2ccc(F)cc2)nc(=O)[nH]1. The summed E-state index contributed by atoms with van der Waals surface area (Å²) in [6.07, 6.45) is 1.50. The highest BCUT2D eigenvalue weighted by atomic mass is 19.1. The molecule has 1 N–H and O–H groups in total. The molecule has 1 aliphatic rings. The molecule has 1 aromatic carbocycles. The van der Waals surface area contributed by atoms with E-state index in [2.05, 4.69) is 9.97 Å². The number of H-pyrrole nitrogens is 1. The van der Waals surface area contributed by atoms with Crippen molar-refractivity contribution in [2.45, 2.75) is 32.7 Å². The minimum atomic E-state index is -0.504. The molecule has 3 rings (SSSR count). The average molecular weight is 329 g/mol. The van der Waals surface area contributed by atoms with E-state index in [1.807, 2.05) is 13.8 Å². The van der Waals surface area contributed by atoms with Crippen molar-refractivity contribution < 1.29 is 9.18 Å². The summed E-state index contributed by atoms with van der Waals surface area (Å²) in [5, 5.41) is 0. The number of aromatic amines is 1. The molecule has 0 bridgehead atoms. The summed E-state index contributed by atoms with van der Waals surface area (Å²) >= 11 is 0. The smallest absolute Gasteiger partial charge is 0.330 e. The van der Waals surface area contributed by atoms with Gasteiger partial charge in [-0.2, -0.15) is 4.98 Å². The van der Waals surface area contributed by atoms with Gasteiger partial charge >= 0.3 is 5.69 Å². The van der Waals surface area contributed by atoms with E-state index < -0.39 is 5.69 Å². The van der Waals surface area contributed by atoms with Gasteiger partial charge in [-0.25, -0.2) is 9.18 Å². The van der Waals surface area contributed by atoms with Crippen LogP contribution >= 0.6 is 0 Å². The first-order chi connectivity index (χ1) is 11.4. The van der Waals surface area contributed by atoms with E-state index in [1.165, 1.54) is 12.1 Å². The molecule has 1 atom stereocenters. The number of likely N-dealkylation sites (tertiary alicyclic amines) is 1. The summed E-state index contributed by atoms with van der Waals surface area (Å²) in [5.74, 6) is -0.195. The molecule has 1 amide bonds. The van der Waals surface area contributed by atoms with Gasteiger partial charge in [0.15, 0.2) is 0 Å². The fourth-order valence-electron chi connectivity index (χ4n) is 2.98. The zero-order chi connectivity index (χ0) is 17.3. The molecule has 0 aliphatic carbocycles. The molecular formula is C18H20FN3O2. The van der Waals surface area contributed by atoms with E-state index in [9.17, 15) is 14.0 Å². The Kier molecular flexibility index (Phi) is 4.46. The van der Waals surface area contributed by atoms with Crippen LogP contribution in [0.4, 0.5) is 4.39 Å². The summed E-state index contributed by atoms with van der Waals surface area (Å²) in [4.78, 5) is 32.6. The largest absolute Gasteiger partial charge is 0.345 e. The quantitative estimate of drug-likeness (QED) is 0.938. The van der Waals surface area contributed by atoms with Crippen LogP contribution in [0, 0.1) is 11.7 Å². The van der Waals surface area contributed by atoms with Crippen LogP contribution in [-0.4, -0.2) is 27.3 Å². The van der Waals surface area contributed by atoms with E-state index in [0.717, 1.165) is 12.0 Å². The van der Waals surface area contributed by atoms with Gasteiger partial charge in [-0.05, 0) is 42.5 Å². The number of hydrogen-bond donors (Lipinski definition) is 1. The fraction of sp³-hybridized carbons (Fsp3) is 0.389. The lowest BCUT2D eigenvalue weighted by molar-refractivity contribution is 0.0453. The van der Waals surface area contributed by atoms with Gasteiger partial charge in [0.1, 0.15) is 11.5 Å². The number of nitrogens with zero attached hydrogens (tertiary/aromatic N) is 2. The number of aromatic nitrogens is 2. The third kappa shape index (κ3) is 3.37. The molecule has 1 aromatic heterocycles. The van der Waals surface area contributed by atoms with Gasteiger partial charge in [0, 0.05) is 12.2 Å². The van der Waals surface area contributed by atoms with Crippen molar-refractivity contribution in [3.8, 4) is 0 Å². The number of carbonyl (C=O) groups is 1. The fourth-order valence-corrected chi connectivity index (χ4v) is 2.98. The Morgan fingerprint density at radius 2 is 2.08 bits per heavy atom. The third-order valence-electron chi connectivity index (χ3n) is 4.18. The molecule has 5 nitrogen and oxygen atoms in total. The second-order valence-electron chi connectivity index (χ2n) is 6.55. The normalized spacial score (nSPS) is 17.0. The lowest BCUT2D eigenvalue weighted by atomic mass is 9.94. The predicted octanol–water partition coefficient (Wildman–Crippen LogP) is 2.69. The van der Waals surface area contributed by atoms with E-state index in [1.54, 1.807) is 23.1 Å². The van der Waals surface area contributed by atoms with Crippen molar-refractivity contribution in [3.05, 3.63) is 63.6 Å². The Morgan fingerprint density at radius 3 is 2.67 bits per heavy atom. The molecule has 0 radical (unpaired) electrons. The van der Waals surface area contributed by atoms with Crippen LogP contribution in [0.15, 0.2) is 35.1 Å². The molecule has 6 heteroatoms. The highest BCUT2D eigenvalue weighted by Gasteiger charge is 2.34. The van der Waals surface area contributed by atoms with Crippen molar-refractivity contribution >= 4 is 5.91 Å². The Balaban J connectivity index is 1.82. The van der Waals surface area contributed by atoms with Crippen LogP contribution in [0.25, 0.3) is 0 Å². The van der Waals surface area contributed by atoms with Gasteiger partial charge in [-0.15, -0.1) is 0 Å². The van der Waals surface area contributed by atoms with Gasteiger partial charge in [0.25, 0.3) is 5.91 Å². The Hall–Kier alpha value is -2.50. The first-order valence-corrected chi connectivity index (χ1v) is 8.10.